The Balaban J connectivity index is 1.41. The van der Waals surface area contributed by atoms with Crippen molar-refractivity contribution >= 4 is 70.2 Å². The van der Waals surface area contributed by atoms with Crippen LogP contribution in [0.15, 0.2) is 62.3 Å². The van der Waals surface area contributed by atoms with E-state index < -0.39 is 0 Å². The molecule has 1 aromatic heterocycles. The maximum atomic E-state index is 11.9. The number of hydrazone groups is 1. The van der Waals surface area contributed by atoms with Crippen molar-refractivity contribution in [1.82, 2.24) is 15.6 Å². The first-order chi connectivity index (χ1) is 13.6. The molecular weight excluding hydrogens is 455 g/mol. The summed E-state index contributed by atoms with van der Waals surface area (Å²) in [5.41, 5.74) is 4.45. The summed E-state index contributed by atoms with van der Waals surface area (Å²) < 4.78 is 1.63. The number of carbonyl (C=O) groups excluding carboxylic acids is 1. The largest absolute Gasteiger partial charge is 0.272 e. The van der Waals surface area contributed by atoms with Crippen LogP contribution in [0.2, 0.25) is 10.0 Å². The van der Waals surface area contributed by atoms with E-state index in [2.05, 4.69) is 32.9 Å². The summed E-state index contributed by atoms with van der Waals surface area (Å²) in [5, 5.41) is 13.1. The van der Waals surface area contributed by atoms with E-state index in [0.29, 0.717) is 10.0 Å². The number of amides is 1. The third-order valence-corrected chi connectivity index (χ3v) is 7.27. The highest BCUT2D eigenvalue weighted by Gasteiger charge is 2.08. The van der Waals surface area contributed by atoms with Crippen LogP contribution in [0.25, 0.3) is 0 Å². The molecule has 0 bridgehead atoms. The Morgan fingerprint density at radius 3 is 2.57 bits per heavy atom. The van der Waals surface area contributed by atoms with Crippen molar-refractivity contribution in [3.63, 3.8) is 0 Å². The number of benzene rings is 2. The first-order valence-electron chi connectivity index (χ1n) is 8.00. The van der Waals surface area contributed by atoms with E-state index in [1.807, 2.05) is 18.2 Å². The highest BCUT2D eigenvalue weighted by molar-refractivity contribution is 8.03. The summed E-state index contributed by atoms with van der Waals surface area (Å²) in [4.78, 5) is 11.9. The molecular formula is C18H14Cl2N4OS3. The lowest BCUT2D eigenvalue weighted by Gasteiger charge is -1.99. The van der Waals surface area contributed by atoms with Crippen molar-refractivity contribution in [1.29, 1.82) is 0 Å². The minimum Gasteiger partial charge on any atom is -0.272 e. The Morgan fingerprint density at radius 2 is 1.82 bits per heavy atom. The molecule has 5 nitrogen and oxygen atoms in total. The topological polar surface area (TPSA) is 67.2 Å². The molecule has 3 rings (SSSR count). The van der Waals surface area contributed by atoms with E-state index in [1.165, 1.54) is 34.9 Å². The van der Waals surface area contributed by atoms with Crippen molar-refractivity contribution in [3.8, 4) is 0 Å². The van der Waals surface area contributed by atoms with Crippen LogP contribution in [0.4, 0.5) is 0 Å². The maximum absolute atomic E-state index is 11.9. The molecule has 0 unspecified atom stereocenters. The maximum Gasteiger partial charge on any atom is 0.250 e. The van der Waals surface area contributed by atoms with Gasteiger partial charge in [0, 0.05) is 5.75 Å². The molecule has 1 amide bonds. The molecule has 0 aliphatic carbocycles. The van der Waals surface area contributed by atoms with E-state index >= 15 is 0 Å². The lowest BCUT2D eigenvalue weighted by molar-refractivity contribution is -0.118. The van der Waals surface area contributed by atoms with Gasteiger partial charge in [-0.1, -0.05) is 94.5 Å². The fourth-order valence-electron chi connectivity index (χ4n) is 1.96. The van der Waals surface area contributed by atoms with Gasteiger partial charge in [0.1, 0.15) is 0 Å². The van der Waals surface area contributed by atoms with E-state index in [4.69, 9.17) is 23.2 Å². The summed E-state index contributed by atoms with van der Waals surface area (Å²) in [6.45, 7) is 0. The van der Waals surface area contributed by atoms with Crippen LogP contribution in [0.5, 0.6) is 0 Å². The second kappa shape index (κ2) is 10.8. The lowest BCUT2D eigenvalue weighted by atomic mass is 10.2. The molecule has 1 heterocycles. The van der Waals surface area contributed by atoms with Gasteiger partial charge in [0.15, 0.2) is 8.68 Å². The van der Waals surface area contributed by atoms with Crippen LogP contribution in [-0.2, 0) is 10.5 Å². The summed E-state index contributed by atoms with van der Waals surface area (Å²) in [7, 11) is 0. The number of rotatable bonds is 8. The van der Waals surface area contributed by atoms with Gasteiger partial charge >= 0.3 is 0 Å². The number of carbonyl (C=O) groups is 1. The SMILES string of the molecule is O=C(CSc1nnc(SCc2ccccc2)s1)NN=Cc1ccc(Cl)c(Cl)c1. The minimum absolute atomic E-state index is 0.205. The highest BCUT2D eigenvalue weighted by atomic mass is 35.5. The van der Waals surface area contributed by atoms with Gasteiger partial charge in [-0.2, -0.15) is 5.10 Å². The first-order valence-corrected chi connectivity index (χ1v) is 11.5. The molecule has 2 aromatic carbocycles. The third kappa shape index (κ3) is 6.79. The molecule has 0 radical (unpaired) electrons. The molecule has 0 aliphatic rings. The lowest BCUT2D eigenvalue weighted by Crippen LogP contribution is -2.19. The molecule has 0 spiro atoms. The van der Waals surface area contributed by atoms with Crippen molar-refractivity contribution in [2.24, 2.45) is 5.10 Å². The first kappa shape index (κ1) is 21.1. The fraction of sp³-hybridized carbons (Fsp3) is 0.111. The van der Waals surface area contributed by atoms with Gasteiger partial charge in [-0.3, -0.25) is 4.79 Å². The number of halogens is 2. The van der Waals surface area contributed by atoms with Gasteiger partial charge in [-0.15, -0.1) is 10.2 Å². The average molecular weight is 469 g/mol. The van der Waals surface area contributed by atoms with Crippen LogP contribution in [0, 0.1) is 0 Å². The molecule has 3 aromatic rings. The molecule has 0 fully saturated rings. The van der Waals surface area contributed by atoms with Gasteiger partial charge in [-0.05, 0) is 23.3 Å². The quantitative estimate of drug-likeness (QED) is 0.273. The number of aromatic nitrogens is 2. The average Bonchev–Trinajstić information content (AvgIpc) is 3.16. The molecule has 0 aliphatic heterocycles. The van der Waals surface area contributed by atoms with Crippen LogP contribution in [0.1, 0.15) is 11.1 Å². The predicted molar refractivity (Wildman–Crippen MR) is 119 cm³/mol. The second-order valence-electron chi connectivity index (χ2n) is 5.36. The van der Waals surface area contributed by atoms with E-state index in [1.54, 1.807) is 30.0 Å². The van der Waals surface area contributed by atoms with Gasteiger partial charge in [-0.25, -0.2) is 5.43 Å². The molecule has 144 valence electrons. The van der Waals surface area contributed by atoms with Gasteiger partial charge < -0.3 is 0 Å². The summed E-state index contributed by atoms with van der Waals surface area (Å²) in [6, 6.07) is 15.3. The molecule has 0 saturated carbocycles. The normalized spacial score (nSPS) is 11.1. The molecule has 0 atom stereocenters. The number of hydrogen-bond acceptors (Lipinski definition) is 7. The summed E-state index contributed by atoms with van der Waals surface area (Å²) >= 11 is 16.2. The van der Waals surface area contributed by atoms with Crippen molar-refractivity contribution in [2.45, 2.75) is 14.4 Å². The Labute approximate surface area is 184 Å². The summed E-state index contributed by atoms with van der Waals surface area (Å²) in [6.07, 6.45) is 1.51. The Morgan fingerprint density at radius 1 is 1.07 bits per heavy atom. The van der Waals surface area contributed by atoms with Crippen LogP contribution < -0.4 is 5.43 Å². The van der Waals surface area contributed by atoms with Crippen molar-refractivity contribution in [3.05, 3.63) is 69.7 Å². The van der Waals surface area contributed by atoms with E-state index in [-0.39, 0.29) is 11.7 Å². The Hall–Kier alpha value is -1.58. The van der Waals surface area contributed by atoms with E-state index in [0.717, 1.165) is 20.0 Å². The molecule has 28 heavy (non-hydrogen) atoms. The third-order valence-electron chi connectivity index (χ3n) is 3.27. The Bertz CT molecular complexity index is 966. The monoisotopic (exact) mass is 468 g/mol. The van der Waals surface area contributed by atoms with E-state index in [9.17, 15) is 4.79 Å². The Kier molecular flexibility index (Phi) is 8.17. The minimum atomic E-state index is -0.227. The number of thioether (sulfide) groups is 2. The van der Waals surface area contributed by atoms with Crippen molar-refractivity contribution < 1.29 is 4.79 Å². The molecule has 1 N–H and O–H groups in total. The number of nitrogens with one attached hydrogen (secondary N) is 1. The zero-order valence-corrected chi connectivity index (χ0v) is 18.3. The zero-order valence-electron chi connectivity index (χ0n) is 14.3. The molecule has 0 saturated heterocycles. The second-order valence-corrected chi connectivity index (χ2v) is 9.60. The van der Waals surface area contributed by atoms with Crippen LogP contribution in [-0.4, -0.2) is 28.1 Å². The predicted octanol–water partition coefficient (Wildman–Crippen LogP) is 5.38. The van der Waals surface area contributed by atoms with Gasteiger partial charge in [0.2, 0.25) is 0 Å². The van der Waals surface area contributed by atoms with Gasteiger partial charge in [0.05, 0.1) is 22.0 Å². The fourth-order valence-corrected chi connectivity index (χ4v) is 5.04. The van der Waals surface area contributed by atoms with Crippen LogP contribution >= 0.6 is 58.1 Å². The number of nitrogens with zero attached hydrogens (tertiary/aromatic N) is 3. The van der Waals surface area contributed by atoms with Crippen molar-refractivity contribution in [2.75, 3.05) is 5.75 Å². The summed E-state index contributed by atoms with van der Waals surface area (Å²) in [5.74, 6) is 0.816. The van der Waals surface area contributed by atoms with Crippen LogP contribution in [0.3, 0.4) is 0 Å². The number of hydrogen-bond donors (Lipinski definition) is 1. The standard InChI is InChI=1S/C18H14Cl2N4OS3/c19-14-7-6-13(8-15(14)20)9-21-22-16(25)11-27-18-24-23-17(28-18)26-10-12-4-2-1-3-5-12/h1-9H,10-11H2,(H,22,25). The zero-order chi connectivity index (χ0) is 19.8. The van der Waals surface area contributed by atoms with Gasteiger partial charge in [0.25, 0.3) is 5.91 Å². The highest BCUT2D eigenvalue weighted by Crippen LogP contribution is 2.30. The molecule has 10 heteroatoms. The smallest absolute Gasteiger partial charge is 0.250 e.